The molecule has 0 bridgehead atoms. The van der Waals surface area contributed by atoms with Gasteiger partial charge in [0.15, 0.2) is 0 Å². The molecule has 2 N–H and O–H groups in total. The maximum Gasteiger partial charge on any atom is 0.303 e. The molecule has 1 aromatic carbocycles. The molecule has 23 heavy (non-hydrogen) atoms. The van der Waals surface area contributed by atoms with Crippen LogP contribution in [0.2, 0.25) is 5.02 Å². The van der Waals surface area contributed by atoms with Crippen LogP contribution < -0.4 is 5.32 Å². The molecule has 6 nitrogen and oxygen atoms in total. The number of oxazole rings is 1. The standard InChI is InChI=1S/C16H17ClN2O4/c1-10(2-7-15(21)22)18-14(20)8-13-9-23-16(19-13)11-3-5-12(17)6-4-11/h3-6,9-10H,2,7-8H2,1H3,(H,18,20)(H,21,22). The molecule has 0 radical (unpaired) electrons. The number of aromatic nitrogens is 1. The minimum atomic E-state index is -0.879. The zero-order chi connectivity index (χ0) is 16.8. The van der Waals surface area contributed by atoms with E-state index in [9.17, 15) is 9.59 Å². The van der Waals surface area contributed by atoms with E-state index in [0.717, 1.165) is 5.56 Å². The molecule has 0 aliphatic carbocycles. The SMILES string of the molecule is CC(CCC(=O)O)NC(=O)Cc1coc(-c2ccc(Cl)cc2)n1. The van der Waals surface area contributed by atoms with E-state index in [1.807, 2.05) is 0 Å². The first-order valence-corrected chi connectivity index (χ1v) is 7.53. The lowest BCUT2D eigenvalue weighted by molar-refractivity contribution is -0.137. The summed E-state index contributed by atoms with van der Waals surface area (Å²) in [5, 5.41) is 12.0. The normalized spacial score (nSPS) is 11.9. The lowest BCUT2D eigenvalue weighted by Crippen LogP contribution is -2.34. The Labute approximate surface area is 138 Å². The number of hydrogen-bond donors (Lipinski definition) is 2. The Bertz CT molecular complexity index is 682. The lowest BCUT2D eigenvalue weighted by atomic mass is 10.2. The highest BCUT2D eigenvalue weighted by Gasteiger charge is 2.13. The van der Waals surface area contributed by atoms with Crippen molar-refractivity contribution in [3.8, 4) is 11.5 Å². The van der Waals surface area contributed by atoms with Crippen molar-refractivity contribution in [2.45, 2.75) is 32.2 Å². The number of nitrogens with one attached hydrogen (secondary N) is 1. The van der Waals surface area contributed by atoms with Crippen molar-refractivity contribution >= 4 is 23.5 Å². The first kappa shape index (κ1) is 17.0. The van der Waals surface area contributed by atoms with Gasteiger partial charge in [0.05, 0.1) is 12.1 Å². The molecule has 1 heterocycles. The molecule has 7 heteroatoms. The first-order chi connectivity index (χ1) is 10.9. The van der Waals surface area contributed by atoms with Gasteiger partial charge in [0.2, 0.25) is 11.8 Å². The lowest BCUT2D eigenvalue weighted by Gasteiger charge is -2.11. The van der Waals surface area contributed by atoms with Gasteiger partial charge in [-0.05, 0) is 37.6 Å². The van der Waals surface area contributed by atoms with Crippen LogP contribution in [0.3, 0.4) is 0 Å². The highest BCUT2D eigenvalue weighted by Crippen LogP contribution is 2.21. The van der Waals surface area contributed by atoms with Crippen molar-refractivity contribution in [3.63, 3.8) is 0 Å². The zero-order valence-electron chi connectivity index (χ0n) is 12.6. The molecule has 0 saturated carbocycles. The fraction of sp³-hybridized carbons (Fsp3) is 0.312. The number of hydrogen-bond acceptors (Lipinski definition) is 4. The summed E-state index contributed by atoms with van der Waals surface area (Å²) in [5.74, 6) is -0.683. The summed E-state index contributed by atoms with van der Waals surface area (Å²) in [4.78, 5) is 26.7. The van der Waals surface area contributed by atoms with E-state index < -0.39 is 5.97 Å². The third-order valence-electron chi connectivity index (χ3n) is 3.18. The van der Waals surface area contributed by atoms with E-state index in [1.54, 1.807) is 31.2 Å². The van der Waals surface area contributed by atoms with Gasteiger partial charge in [-0.15, -0.1) is 0 Å². The van der Waals surface area contributed by atoms with Crippen LogP contribution in [0.25, 0.3) is 11.5 Å². The van der Waals surface area contributed by atoms with Gasteiger partial charge in [-0.25, -0.2) is 4.98 Å². The minimum Gasteiger partial charge on any atom is -0.481 e. The molecule has 1 unspecified atom stereocenters. The molecule has 2 aromatic rings. The van der Waals surface area contributed by atoms with Crippen LogP contribution in [-0.4, -0.2) is 28.0 Å². The van der Waals surface area contributed by atoms with Crippen molar-refractivity contribution in [3.05, 3.63) is 41.2 Å². The number of nitrogens with zero attached hydrogens (tertiary/aromatic N) is 1. The summed E-state index contributed by atoms with van der Waals surface area (Å²) in [7, 11) is 0. The second kappa shape index (κ2) is 7.78. The van der Waals surface area contributed by atoms with Crippen molar-refractivity contribution in [1.29, 1.82) is 0 Å². The Hall–Kier alpha value is -2.34. The minimum absolute atomic E-state index is 0.0200. The van der Waals surface area contributed by atoms with Crippen LogP contribution in [0.1, 0.15) is 25.5 Å². The number of aliphatic carboxylic acids is 1. The van der Waals surface area contributed by atoms with Crippen molar-refractivity contribution in [2.24, 2.45) is 0 Å². The summed E-state index contributed by atoms with van der Waals surface area (Å²) in [6, 6.07) is 6.83. The Balaban J connectivity index is 1.89. The van der Waals surface area contributed by atoms with Crippen molar-refractivity contribution < 1.29 is 19.1 Å². The maximum atomic E-state index is 11.9. The van der Waals surface area contributed by atoms with E-state index in [2.05, 4.69) is 10.3 Å². The van der Waals surface area contributed by atoms with Crippen molar-refractivity contribution in [2.75, 3.05) is 0 Å². The van der Waals surface area contributed by atoms with Gasteiger partial charge < -0.3 is 14.8 Å². The molecule has 122 valence electrons. The van der Waals surface area contributed by atoms with Gasteiger partial charge in [0.1, 0.15) is 6.26 Å². The monoisotopic (exact) mass is 336 g/mol. The molecular weight excluding hydrogens is 320 g/mol. The van der Waals surface area contributed by atoms with Gasteiger partial charge in [-0.2, -0.15) is 0 Å². The average Bonchev–Trinajstić information content (AvgIpc) is 2.94. The molecular formula is C16H17ClN2O4. The second-order valence-electron chi connectivity index (χ2n) is 5.23. The molecule has 1 amide bonds. The van der Waals surface area contributed by atoms with E-state index in [4.69, 9.17) is 21.1 Å². The van der Waals surface area contributed by atoms with Crippen LogP contribution in [0.4, 0.5) is 0 Å². The third kappa shape index (κ3) is 5.41. The van der Waals surface area contributed by atoms with Crippen molar-refractivity contribution in [1.82, 2.24) is 10.3 Å². The zero-order valence-corrected chi connectivity index (χ0v) is 13.3. The predicted octanol–water partition coefficient (Wildman–Crippen LogP) is 2.91. The maximum absolute atomic E-state index is 11.9. The molecule has 0 spiro atoms. The number of amides is 1. The van der Waals surface area contributed by atoms with Gasteiger partial charge in [-0.3, -0.25) is 9.59 Å². The number of carbonyl (C=O) groups excluding carboxylic acids is 1. The number of carboxylic acids is 1. The van der Waals surface area contributed by atoms with Crippen LogP contribution in [0.5, 0.6) is 0 Å². The van der Waals surface area contributed by atoms with Crippen LogP contribution >= 0.6 is 11.6 Å². The molecule has 0 saturated heterocycles. The van der Waals surface area contributed by atoms with Crippen LogP contribution in [0.15, 0.2) is 34.9 Å². The van der Waals surface area contributed by atoms with Crippen LogP contribution in [-0.2, 0) is 16.0 Å². The molecule has 0 aliphatic heterocycles. The molecule has 0 fully saturated rings. The number of carbonyl (C=O) groups is 2. The van der Waals surface area contributed by atoms with Gasteiger partial charge >= 0.3 is 5.97 Å². The number of carboxylic acid groups (broad SMARTS) is 1. The Kier molecular flexibility index (Phi) is 5.76. The number of halogens is 1. The summed E-state index contributed by atoms with van der Waals surface area (Å²) >= 11 is 5.83. The largest absolute Gasteiger partial charge is 0.481 e. The Morgan fingerprint density at radius 2 is 2.04 bits per heavy atom. The average molecular weight is 337 g/mol. The summed E-state index contributed by atoms with van der Waals surface area (Å²) in [5.41, 5.74) is 1.29. The molecule has 0 aliphatic rings. The fourth-order valence-electron chi connectivity index (χ4n) is 2.02. The number of rotatable bonds is 7. The Morgan fingerprint density at radius 3 is 2.70 bits per heavy atom. The topological polar surface area (TPSA) is 92.4 Å². The fourth-order valence-corrected chi connectivity index (χ4v) is 2.14. The predicted molar refractivity (Wildman–Crippen MR) is 85.1 cm³/mol. The van der Waals surface area contributed by atoms with Crippen LogP contribution in [0, 0.1) is 0 Å². The second-order valence-corrected chi connectivity index (χ2v) is 5.67. The van der Waals surface area contributed by atoms with E-state index in [0.29, 0.717) is 23.0 Å². The van der Waals surface area contributed by atoms with E-state index in [-0.39, 0.29) is 24.8 Å². The quantitative estimate of drug-likeness (QED) is 0.811. The highest BCUT2D eigenvalue weighted by molar-refractivity contribution is 6.30. The molecule has 1 aromatic heterocycles. The van der Waals surface area contributed by atoms with E-state index in [1.165, 1.54) is 6.26 Å². The first-order valence-electron chi connectivity index (χ1n) is 7.15. The van der Waals surface area contributed by atoms with Gasteiger partial charge in [0, 0.05) is 23.0 Å². The van der Waals surface area contributed by atoms with Gasteiger partial charge in [0.25, 0.3) is 0 Å². The van der Waals surface area contributed by atoms with E-state index >= 15 is 0 Å². The molecule has 1 atom stereocenters. The number of benzene rings is 1. The van der Waals surface area contributed by atoms with Gasteiger partial charge in [-0.1, -0.05) is 11.6 Å². The smallest absolute Gasteiger partial charge is 0.303 e. The molecule has 2 rings (SSSR count). The Morgan fingerprint density at radius 1 is 1.35 bits per heavy atom. The third-order valence-corrected chi connectivity index (χ3v) is 3.44. The summed E-state index contributed by atoms with van der Waals surface area (Å²) in [6.07, 6.45) is 1.92. The highest BCUT2D eigenvalue weighted by atomic mass is 35.5. The summed E-state index contributed by atoms with van der Waals surface area (Å²) < 4.78 is 5.36. The summed E-state index contributed by atoms with van der Waals surface area (Å²) in [6.45, 7) is 1.77.